The van der Waals surface area contributed by atoms with Crippen molar-refractivity contribution in [2.75, 3.05) is 0 Å². The second-order valence-electron chi connectivity index (χ2n) is 3.03. The molecule has 0 bridgehead atoms. The van der Waals surface area contributed by atoms with Crippen LogP contribution in [0.25, 0.3) is 0 Å². The van der Waals surface area contributed by atoms with Gasteiger partial charge >= 0.3 is 0 Å². The van der Waals surface area contributed by atoms with Gasteiger partial charge in [0.15, 0.2) is 0 Å². The monoisotopic (exact) mass is 173 g/mol. The molecular weight excluding hydrogens is 162 g/mol. The molecule has 13 heavy (non-hydrogen) atoms. The molecule has 0 saturated carbocycles. The van der Waals surface area contributed by atoms with Crippen LogP contribution >= 0.6 is 0 Å². The molecule has 0 N–H and O–H groups in total. The molecule has 0 aliphatic carbocycles. The zero-order valence-electron chi connectivity index (χ0n) is 7.58. The van der Waals surface area contributed by atoms with E-state index in [9.17, 15) is 4.79 Å². The minimum absolute atomic E-state index is 0.502. The van der Waals surface area contributed by atoms with Crippen LogP contribution < -0.4 is 0 Å². The molecule has 0 amide bonds. The summed E-state index contributed by atoms with van der Waals surface area (Å²) in [4.78, 5) is 10.5. The quantitative estimate of drug-likeness (QED) is 0.658. The van der Waals surface area contributed by atoms with Gasteiger partial charge in [-0.3, -0.25) is 4.79 Å². The summed E-state index contributed by atoms with van der Waals surface area (Å²) in [6, 6.07) is 7.76. The molecule has 66 valence electrons. The van der Waals surface area contributed by atoms with Gasteiger partial charge in [-0.05, 0) is 31.0 Å². The Morgan fingerprint density at radius 1 is 1.46 bits per heavy atom. The van der Waals surface area contributed by atoms with E-state index in [0.717, 1.165) is 23.8 Å². The number of nitrogens with zero attached hydrogens (tertiary/aromatic N) is 1. The Balaban J connectivity index is 2.89. The van der Waals surface area contributed by atoms with Crippen molar-refractivity contribution in [3.8, 4) is 6.07 Å². The van der Waals surface area contributed by atoms with Crippen molar-refractivity contribution in [3.05, 3.63) is 34.9 Å². The molecule has 0 fully saturated rings. The first kappa shape index (κ1) is 9.47. The Labute approximate surface area is 77.8 Å². The second-order valence-corrected chi connectivity index (χ2v) is 3.03. The Hall–Kier alpha value is -1.62. The molecule has 0 radical (unpaired) electrons. The van der Waals surface area contributed by atoms with E-state index >= 15 is 0 Å². The van der Waals surface area contributed by atoms with Crippen molar-refractivity contribution >= 4 is 6.29 Å². The van der Waals surface area contributed by atoms with Crippen molar-refractivity contribution in [2.45, 2.75) is 19.8 Å². The third-order valence-corrected chi connectivity index (χ3v) is 1.82. The van der Waals surface area contributed by atoms with Crippen LogP contribution in [0.5, 0.6) is 0 Å². The summed E-state index contributed by atoms with van der Waals surface area (Å²) < 4.78 is 0. The average molecular weight is 173 g/mol. The third-order valence-electron chi connectivity index (χ3n) is 1.82. The van der Waals surface area contributed by atoms with E-state index < -0.39 is 0 Å². The maximum Gasteiger partial charge on any atom is 0.150 e. The van der Waals surface area contributed by atoms with E-state index in [1.165, 1.54) is 0 Å². The Morgan fingerprint density at radius 2 is 2.23 bits per heavy atom. The number of carbonyl (C=O) groups excluding carboxylic acids is 1. The molecule has 1 aromatic rings. The van der Waals surface area contributed by atoms with Gasteiger partial charge in [-0.2, -0.15) is 5.26 Å². The lowest BCUT2D eigenvalue weighted by Gasteiger charge is -2.00. The van der Waals surface area contributed by atoms with Gasteiger partial charge in [-0.1, -0.05) is 11.6 Å². The fourth-order valence-corrected chi connectivity index (χ4v) is 1.31. The van der Waals surface area contributed by atoms with Crippen molar-refractivity contribution in [1.82, 2.24) is 0 Å². The summed E-state index contributed by atoms with van der Waals surface area (Å²) in [5.74, 6) is 0. The van der Waals surface area contributed by atoms with Gasteiger partial charge in [0, 0.05) is 12.0 Å². The molecule has 0 unspecified atom stereocenters. The SMILES string of the molecule is Cc1cc(C=O)cc(CCC#N)c1. The van der Waals surface area contributed by atoms with Gasteiger partial charge in [0.2, 0.25) is 0 Å². The summed E-state index contributed by atoms with van der Waals surface area (Å²) in [6.45, 7) is 1.95. The predicted molar refractivity (Wildman–Crippen MR) is 50.5 cm³/mol. The Morgan fingerprint density at radius 3 is 2.85 bits per heavy atom. The molecule has 1 aromatic carbocycles. The summed E-state index contributed by atoms with van der Waals surface area (Å²) >= 11 is 0. The van der Waals surface area contributed by atoms with E-state index in [0.29, 0.717) is 12.0 Å². The van der Waals surface area contributed by atoms with E-state index in [1.54, 1.807) is 0 Å². The minimum atomic E-state index is 0.502. The van der Waals surface area contributed by atoms with Crippen LogP contribution in [0, 0.1) is 18.3 Å². The number of benzene rings is 1. The first-order valence-corrected chi connectivity index (χ1v) is 4.19. The molecule has 0 spiro atoms. The van der Waals surface area contributed by atoms with Gasteiger partial charge in [-0.15, -0.1) is 0 Å². The zero-order valence-corrected chi connectivity index (χ0v) is 7.58. The highest BCUT2D eigenvalue weighted by Crippen LogP contribution is 2.09. The van der Waals surface area contributed by atoms with Gasteiger partial charge in [0.1, 0.15) is 6.29 Å². The van der Waals surface area contributed by atoms with E-state index in [4.69, 9.17) is 5.26 Å². The fourth-order valence-electron chi connectivity index (χ4n) is 1.31. The number of carbonyl (C=O) groups is 1. The highest BCUT2D eigenvalue weighted by molar-refractivity contribution is 5.75. The molecule has 0 saturated heterocycles. The topological polar surface area (TPSA) is 40.9 Å². The van der Waals surface area contributed by atoms with Crippen LogP contribution in [-0.2, 0) is 6.42 Å². The third kappa shape index (κ3) is 2.72. The van der Waals surface area contributed by atoms with Gasteiger partial charge in [-0.25, -0.2) is 0 Å². The summed E-state index contributed by atoms with van der Waals surface area (Å²) in [7, 11) is 0. The van der Waals surface area contributed by atoms with Crippen molar-refractivity contribution in [3.63, 3.8) is 0 Å². The van der Waals surface area contributed by atoms with Gasteiger partial charge < -0.3 is 0 Å². The van der Waals surface area contributed by atoms with E-state index in [2.05, 4.69) is 6.07 Å². The van der Waals surface area contributed by atoms with Gasteiger partial charge in [0.25, 0.3) is 0 Å². The van der Waals surface area contributed by atoms with Crippen LogP contribution in [0.2, 0.25) is 0 Å². The smallest absolute Gasteiger partial charge is 0.150 e. The molecular formula is C11H11NO. The predicted octanol–water partition coefficient (Wildman–Crippen LogP) is 2.26. The standard InChI is InChI=1S/C11H11NO/c1-9-5-10(3-2-4-12)7-11(6-9)8-13/h5-8H,2-3H2,1H3. The maximum atomic E-state index is 10.5. The molecule has 0 aliphatic rings. The fraction of sp³-hybridized carbons (Fsp3) is 0.273. The summed E-state index contributed by atoms with van der Waals surface area (Å²) in [5.41, 5.74) is 2.81. The van der Waals surface area contributed by atoms with Crippen molar-refractivity contribution < 1.29 is 4.79 Å². The lowest BCUT2D eigenvalue weighted by Crippen LogP contribution is -1.89. The Kier molecular flexibility index (Phi) is 3.22. The first-order valence-electron chi connectivity index (χ1n) is 4.19. The highest BCUT2D eigenvalue weighted by atomic mass is 16.1. The lowest BCUT2D eigenvalue weighted by atomic mass is 10.0. The van der Waals surface area contributed by atoms with Crippen molar-refractivity contribution in [2.24, 2.45) is 0 Å². The molecule has 0 aliphatic heterocycles. The Bertz CT molecular complexity index is 350. The maximum absolute atomic E-state index is 10.5. The number of rotatable bonds is 3. The number of aldehydes is 1. The first-order chi connectivity index (χ1) is 6.26. The van der Waals surface area contributed by atoms with Crippen LogP contribution in [-0.4, -0.2) is 6.29 Å². The summed E-state index contributed by atoms with van der Waals surface area (Å²) in [5, 5.41) is 8.40. The lowest BCUT2D eigenvalue weighted by molar-refractivity contribution is 0.112. The van der Waals surface area contributed by atoms with Crippen molar-refractivity contribution in [1.29, 1.82) is 5.26 Å². The number of nitriles is 1. The summed E-state index contributed by atoms with van der Waals surface area (Å²) in [6.07, 6.45) is 2.06. The zero-order chi connectivity index (χ0) is 9.68. The van der Waals surface area contributed by atoms with Crippen LogP contribution in [0.1, 0.15) is 27.9 Å². The molecule has 2 heteroatoms. The average Bonchev–Trinajstić information content (AvgIpc) is 2.14. The molecule has 1 rings (SSSR count). The number of hydrogen-bond donors (Lipinski definition) is 0. The minimum Gasteiger partial charge on any atom is -0.298 e. The van der Waals surface area contributed by atoms with Crippen LogP contribution in [0.15, 0.2) is 18.2 Å². The second kappa shape index (κ2) is 4.42. The van der Waals surface area contributed by atoms with Crippen LogP contribution in [0.3, 0.4) is 0 Å². The highest BCUT2D eigenvalue weighted by Gasteiger charge is 1.97. The largest absolute Gasteiger partial charge is 0.298 e. The number of aryl methyl sites for hydroxylation is 2. The molecule has 0 aromatic heterocycles. The van der Waals surface area contributed by atoms with E-state index in [-0.39, 0.29) is 0 Å². The van der Waals surface area contributed by atoms with E-state index in [1.807, 2.05) is 25.1 Å². The normalized spacial score (nSPS) is 9.23. The molecule has 0 heterocycles. The van der Waals surface area contributed by atoms with Gasteiger partial charge in [0.05, 0.1) is 6.07 Å². The molecule has 2 nitrogen and oxygen atoms in total. The molecule has 0 atom stereocenters. The number of hydrogen-bond acceptors (Lipinski definition) is 2. The van der Waals surface area contributed by atoms with Crippen LogP contribution in [0.4, 0.5) is 0 Å².